The molecule has 15 rings (SSSR count). The third-order valence-corrected chi connectivity index (χ3v) is 14.9. The number of benzene rings is 11. The first-order valence-corrected chi connectivity index (χ1v) is 25.4. The first kappa shape index (κ1) is 42.5. The van der Waals surface area contributed by atoms with Gasteiger partial charge in [0, 0.05) is 49.1 Å². The number of fused-ring (bicyclic) bond motifs is 10. The molecule has 0 saturated heterocycles. The third kappa shape index (κ3) is 6.92. The molecule has 6 heteroatoms. The zero-order chi connectivity index (χ0) is 49.4. The Morgan fingerprint density at radius 3 is 1.21 bits per heavy atom. The molecule has 0 atom stereocenters. The maximum Gasteiger partial charge on any atom is 0.238 e. The molecule has 350 valence electrons. The van der Waals surface area contributed by atoms with Gasteiger partial charge in [0.15, 0.2) is 11.6 Å². The van der Waals surface area contributed by atoms with Crippen LogP contribution in [0.15, 0.2) is 267 Å². The van der Waals surface area contributed by atoms with E-state index in [1.807, 2.05) is 6.07 Å². The lowest BCUT2D eigenvalue weighted by molar-refractivity contribution is 0.953. The molecule has 11 aromatic carbocycles. The fourth-order valence-electron chi connectivity index (χ4n) is 11.5. The van der Waals surface area contributed by atoms with Crippen LogP contribution in [0.2, 0.25) is 0 Å². The lowest BCUT2D eigenvalue weighted by Gasteiger charge is -2.16. The van der Waals surface area contributed by atoms with Gasteiger partial charge in [-0.25, -0.2) is 4.98 Å². The van der Waals surface area contributed by atoms with Crippen LogP contribution in [0.3, 0.4) is 0 Å². The van der Waals surface area contributed by atoms with Gasteiger partial charge in [-0.2, -0.15) is 9.97 Å². The second-order valence-electron chi connectivity index (χ2n) is 19.2. The fraction of sp³-hybridized carbons (Fsp3) is 0. The number of aromatic nitrogens is 6. The topological polar surface area (TPSA) is 53.5 Å². The summed E-state index contributed by atoms with van der Waals surface area (Å²) in [4.78, 5) is 16.5. The summed E-state index contributed by atoms with van der Waals surface area (Å²) in [5.74, 6) is 1.69. The van der Waals surface area contributed by atoms with Crippen LogP contribution in [0.1, 0.15) is 0 Å². The first-order valence-electron chi connectivity index (χ1n) is 25.4. The predicted molar refractivity (Wildman–Crippen MR) is 310 cm³/mol. The van der Waals surface area contributed by atoms with Crippen LogP contribution in [0.25, 0.3) is 139 Å². The summed E-state index contributed by atoms with van der Waals surface area (Å²) in [6.07, 6.45) is 0. The molecular formula is C69H44N6. The van der Waals surface area contributed by atoms with Crippen molar-refractivity contribution in [2.75, 3.05) is 0 Å². The standard InChI is InChI=1S/C69H44N6/c1-4-19-45(20-5-1)48-35-37-50(38-36-48)67-70-68(52-26-18-25-51(43-52)47-23-8-3-9-24-47)72-69(71-67)75-62-34-17-13-30-57(62)64-63(74-60-32-15-10-27-54(60)55-28-11-16-33-61(55)74)44-58-56-29-12-14-31-59(56)73(65(58)66(64)75)53-41-39-49(40-42-53)46-21-6-2-7-22-46/h1-44H. The second kappa shape index (κ2) is 17.3. The Bertz CT molecular complexity index is 4610. The lowest BCUT2D eigenvalue weighted by Crippen LogP contribution is -2.07. The largest absolute Gasteiger partial charge is 0.309 e. The van der Waals surface area contributed by atoms with Crippen LogP contribution in [-0.4, -0.2) is 28.7 Å². The summed E-state index contributed by atoms with van der Waals surface area (Å²) >= 11 is 0. The van der Waals surface area contributed by atoms with E-state index in [0.717, 1.165) is 105 Å². The van der Waals surface area contributed by atoms with Crippen LogP contribution in [0.4, 0.5) is 0 Å². The Labute approximate surface area is 432 Å². The van der Waals surface area contributed by atoms with E-state index in [-0.39, 0.29) is 0 Å². The summed E-state index contributed by atoms with van der Waals surface area (Å²) < 4.78 is 7.23. The molecule has 4 aromatic heterocycles. The van der Waals surface area contributed by atoms with Gasteiger partial charge in [0.1, 0.15) is 0 Å². The Balaban J connectivity index is 1.08. The second-order valence-corrected chi connectivity index (χ2v) is 19.2. The number of hydrogen-bond donors (Lipinski definition) is 0. The van der Waals surface area contributed by atoms with Crippen LogP contribution in [-0.2, 0) is 0 Å². The van der Waals surface area contributed by atoms with Gasteiger partial charge in [-0.3, -0.25) is 4.57 Å². The van der Waals surface area contributed by atoms with Crippen molar-refractivity contribution < 1.29 is 0 Å². The highest BCUT2D eigenvalue weighted by Gasteiger charge is 2.28. The van der Waals surface area contributed by atoms with E-state index in [9.17, 15) is 0 Å². The Hall–Kier alpha value is -10.2. The predicted octanol–water partition coefficient (Wildman–Crippen LogP) is 17.5. The van der Waals surface area contributed by atoms with Gasteiger partial charge in [0.05, 0.1) is 38.8 Å². The monoisotopic (exact) mass is 956 g/mol. The summed E-state index contributed by atoms with van der Waals surface area (Å²) in [6.45, 7) is 0. The quantitative estimate of drug-likeness (QED) is 0.152. The van der Waals surface area contributed by atoms with Crippen LogP contribution >= 0.6 is 0 Å². The van der Waals surface area contributed by atoms with Gasteiger partial charge in [-0.05, 0) is 81.9 Å². The van der Waals surface area contributed by atoms with Gasteiger partial charge in [0.2, 0.25) is 5.95 Å². The highest BCUT2D eigenvalue weighted by molar-refractivity contribution is 6.27. The molecule has 0 radical (unpaired) electrons. The molecule has 0 spiro atoms. The minimum absolute atomic E-state index is 0.523. The number of rotatable bonds is 8. The minimum Gasteiger partial charge on any atom is -0.309 e. The average Bonchev–Trinajstić information content (AvgIpc) is 4.14. The van der Waals surface area contributed by atoms with E-state index in [2.05, 4.69) is 275 Å². The first-order chi connectivity index (χ1) is 37.2. The summed E-state index contributed by atoms with van der Waals surface area (Å²) in [5, 5.41) is 6.85. The highest BCUT2D eigenvalue weighted by atomic mass is 15.2. The Morgan fingerprint density at radius 1 is 0.240 bits per heavy atom. The Morgan fingerprint density at radius 2 is 0.640 bits per heavy atom. The summed E-state index contributed by atoms with van der Waals surface area (Å²) in [5.41, 5.74) is 17.1. The van der Waals surface area contributed by atoms with E-state index >= 15 is 0 Å². The molecule has 0 aliphatic carbocycles. The van der Waals surface area contributed by atoms with Crippen molar-refractivity contribution in [3.8, 4) is 73.5 Å². The molecule has 0 amide bonds. The molecule has 0 saturated carbocycles. The normalized spacial score (nSPS) is 11.7. The van der Waals surface area contributed by atoms with E-state index in [1.54, 1.807) is 0 Å². The maximum absolute atomic E-state index is 5.60. The maximum atomic E-state index is 5.60. The molecule has 0 bridgehead atoms. The van der Waals surface area contributed by atoms with Crippen molar-refractivity contribution in [1.29, 1.82) is 0 Å². The van der Waals surface area contributed by atoms with E-state index in [0.29, 0.717) is 17.6 Å². The molecule has 0 aliphatic rings. The zero-order valence-corrected chi connectivity index (χ0v) is 40.6. The van der Waals surface area contributed by atoms with Gasteiger partial charge in [-0.15, -0.1) is 0 Å². The van der Waals surface area contributed by atoms with Crippen molar-refractivity contribution in [2.45, 2.75) is 0 Å². The Kier molecular flexibility index (Phi) is 9.78. The van der Waals surface area contributed by atoms with Crippen molar-refractivity contribution >= 4 is 65.4 Å². The van der Waals surface area contributed by atoms with Gasteiger partial charge >= 0.3 is 0 Å². The molecule has 0 N–H and O–H groups in total. The molecule has 0 aliphatic heterocycles. The summed E-state index contributed by atoms with van der Waals surface area (Å²) in [6, 6.07) is 95.2. The molecule has 75 heavy (non-hydrogen) atoms. The van der Waals surface area contributed by atoms with Crippen LogP contribution < -0.4 is 0 Å². The van der Waals surface area contributed by atoms with Crippen molar-refractivity contribution in [3.05, 3.63) is 267 Å². The number of para-hydroxylation sites is 4. The molecular weight excluding hydrogens is 913 g/mol. The zero-order valence-electron chi connectivity index (χ0n) is 40.6. The fourth-order valence-corrected chi connectivity index (χ4v) is 11.5. The van der Waals surface area contributed by atoms with Crippen LogP contribution in [0, 0.1) is 0 Å². The molecule has 0 fully saturated rings. The van der Waals surface area contributed by atoms with Crippen molar-refractivity contribution in [3.63, 3.8) is 0 Å². The molecule has 6 nitrogen and oxygen atoms in total. The number of nitrogens with zero attached hydrogens (tertiary/aromatic N) is 6. The summed E-state index contributed by atoms with van der Waals surface area (Å²) in [7, 11) is 0. The van der Waals surface area contributed by atoms with E-state index in [4.69, 9.17) is 15.0 Å². The van der Waals surface area contributed by atoms with Gasteiger partial charge in [0.25, 0.3) is 0 Å². The van der Waals surface area contributed by atoms with Crippen molar-refractivity contribution in [2.24, 2.45) is 0 Å². The molecule has 0 unspecified atom stereocenters. The number of hydrogen-bond acceptors (Lipinski definition) is 3. The average molecular weight is 957 g/mol. The third-order valence-electron chi connectivity index (χ3n) is 14.9. The SMILES string of the molecule is c1ccc(-c2ccc(-c3nc(-c4cccc(-c5ccccc5)c4)nc(-n4c5ccccc5c5c(-n6c7ccccc7c7ccccc76)cc6c7ccccc7n(-c7ccc(-c8ccccc8)cc7)c6c54)n3)cc2)cc1. The van der Waals surface area contributed by atoms with E-state index in [1.165, 1.54) is 16.3 Å². The van der Waals surface area contributed by atoms with Gasteiger partial charge in [-0.1, -0.05) is 218 Å². The lowest BCUT2D eigenvalue weighted by atomic mass is 10.0. The van der Waals surface area contributed by atoms with E-state index < -0.39 is 0 Å². The molecule has 15 aromatic rings. The van der Waals surface area contributed by atoms with Crippen molar-refractivity contribution in [1.82, 2.24) is 28.7 Å². The highest BCUT2D eigenvalue weighted by Crippen LogP contribution is 2.46. The van der Waals surface area contributed by atoms with Crippen LogP contribution in [0.5, 0.6) is 0 Å². The minimum atomic E-state index is 0.523. The van der Waals surface area contributed by atoms with Gasteiger partial charge < -0.3 is 9.13 Å². The molecule has 4 heterocycles. The smallest absolute Gasteiger partial charge is 0.238 e.